The van der Waals surface area contributed by atoms with Crippen molar-refractivity contribution in [3.8, 4) is 5.69 Å². The van der Waals surface area contributed by atoms with Crippen LogP contribution in [0.25, 0.3) is 5.69 Å². The fraction of sp³-hybridized carbons (Fsp3) is 0.542. The lowest BCUT2D eigenvalue weighted by molar-refractivity contribution is -0.384. The third-order valence-electron chi connectivity index (χ3n) is 5.55. The molecule has 8 nitrogen and oxygen atoms in total. The summed E-state index contributed by atoms with van der Waals surface area (Å²) in [7, 11) is 0. The summed E-state index contributed by atoms with van der Waals surface area (Å²) in [6.07, 6.45) is 1.63. The van der Waals surface area contributed by atoms with E-state index in [4.69, 9.17) is 0 Å². The van der Waals surface area contributed by atoms with Crippen LogP contribution < -0.4 is 5.32 Å². The second-order valence-corrected chi connectivity index (χ2v) is 10.3. The number of amides is 1. The molecule has 1 amide bonds. The summed E-state index contributed by atoms with van der Waals surface area (Å²) >= 11 is 0. The average molecular weight is 441 g/mol. The fourth-order valence-electron chi connectivity index (χ4n) is 4.15. The number of Topliss-reactive ketones (excluding diaryl/α,β-unsaturated/α-hetero) is 1. The van der Waals surface area contributed by atoms with Crippen LogP contribution in [0.4, 0.5) is 5.69 Å². The molecule has 0 fully saturated rings. The van der Waals surface area contributed by atoms with Crippen LogP contribution in [0.2, 0.25) is 0 Å². The maximum Gasteiger partial charge on any atom is 0.295 e. The molecule has 3 rings (SSSR count). The van der Waals surface area contributed by atoms with E-state index in [0.717, 1.165) is 0 Å². The second-order valence-electron chi connectivity index (χ2n) is 10.3. The van der Waals surface area contributed by atoms with Crippen molar-refractivity contribution in [2.24, 2.45) is 17.3 Å². The van der Waals surface area contributed by atoms with Crippen molar-refractivity contribution in [1.29, 1.82) is 0 Å². The Kier molecular flexibility index (Phi) is 6.53. The number of rotatable bonds is 7. The number of nitro benzene ring substituents is 1. The van der Waals surface area contributed by atoms with Gasteiger partial charge in [-0.05, 0) is 42.2 Å². The van der Waals surface area contributed by atoms with Gasteiger partial charge >= 0.3 is 0 Å². The molecule has 2 aromatic rings. The molecule has 0 bridgehead atoms. The van der Waals surface area contributed by atoms with Crippen LogP contribution >= 0.6 is 0 Å². The van der Waals surface area contributed by atoms with E-state index in [9.17, 15) is 19.7 Å². The first-order valence-electron chi connectivity index (χ1n) is 11.1. The van der Waals surface area contributed by atoms with E-state index < -0.39 is 4.92 Å². The number of carbonyl (C=O) groups excluding carboxylic acids is 2. The normalized spacial score (nSPS) is 15.2. The highest BCUT2D eigenvalue weighted by Gasteiger charge is 2.37. The molecule has 1 heterocycles. The first-order valence-corrected chi connectivity index (χ1v) is 11.1. The van der Waals surface area contributed by atoms with Crippen LogP contribution in [0.3, 0.4) is 0 Å². The van der Waals surface area contributed by atoms with Gasteiger partial charge in [0.2, 0.25) is 0 Å². The number of hydrogen-bond donors (Lipinski definition) is 1. The summed E-state index contributed by atoms with van der Waals surface area (Å²) in [5, 5.41) is 19.4. The second kappa shape index (κ2) is 8.84. The Morgan fingerprint density at radius 3 is 2.50 bits per heavy atom. The summed E-state index contributed by atoms with van der Waals surface area (Å²) in [4.78, 5) is 36.9. The van der Waals surface area contributed by atoms with Crippen molar-refractivity contribution >= 4 is 17.4 Å². The minimum atomic E-state index is -0.499. The molecule has 0 radical (unpaired) electrons. The molecule has 1 aromatic heterocycles. The minimum absolute atomic E-state index is 0.0329. The Morgan fingerprint density at radius 2 is 1.91 bits per heavy atom. The highest BCUT2D eigenvalue weighted by Crippen LogP contribution is 2.39. The topological polar surface area (TPSA) is 107 Å². The Hall–Kier alpha value is -3.03. The number of nitrogens with zero attached hydrogens (tertiary/aromatic N) is 3. The van der Waals surface area contributed by atoms with Gasteiger partial charge in [-0.2, -0.15) is 5.10 Å². The maximum absolute atomic E-state index is 13.0. The zero-order valence-corrected chi connectivity index (χ0v) is 19.7. The molecule has 0 saturated heterocycles. The van der Waals surface area contributed by atoms with E-state index in [1.54, 1.807) is 16.8 Å². The van der Waals surface area contributed by atoms with Gasteiger partial charge in [-0.3, -0.25) is 19.7 Å². The molecular weight excluding hydrogens is 408 g/mol. The van der Waals surface area contributed by atoms with E-state index in [1.807, 2.05) is 27.7 Å². The first kappa shape index (κ1) is 23.6. The van der Waals surface area contributed by atoms with Crippen molar-refractivity contribution in [3.05, 3.63) is 50.8 Å². The average Bonchev–Trinajstić information content (AvgIpc) is 3.01. The Morgan fingerprint density at radius 1 is 1.22 bits per heavy atom. The van der Waals surface area contributed by atoms with Crippen LogP contribution in [0.1, 0.15) is 80.1 Å². The molecule has 0 aliphatic heterocycles. The van der Waals surface area contributed by atoms with Crippen molar-refractivity contribution in [2.45, 2.75) is 60.8 Å². The number of fused-ring (bicyclic) bond motifs is 1. The zero-order valence-electron chi connectivity index (χ0n) is 19.7. The molecule has 1 N–H and O–H groups in total. The van der Waals surface area contributed by atoms with E-state index in [2.05, 4.69) is 24.3 Å². The van der Waals surface area contributed by atoms with Crippen molar-refractivity contribution in [2.75, 3.05) is 6.54 Å². The summed E-state index contributed by atoms with van der Waals surface area (Å²) < 4.78 is 1.56. The summed E-state index contributed by atoms with van der Waals surface area (Å²) in [6.45, 7) is 12.6. The number of ketones is 1. The molecule has 32 heavy (non-hydrogen) atoms. The van der Waals surface area contributed by atoms with Gasteiger partial charge in [0.05, 0.1) is 21.9 Å². The van der Waals surface area contributed by atoms with Crippen LogP contribution in [0.15, 0.2) is 18.2 Å². The third-order valence-corrected chi connectivity index (χ3v) is 5.55. The van der Waals surface area contributed by atoms with Gasteiger partial charge in [-0.1, -0.05) is 41.5 Å². The molecular formula is C24H32N4O4. The predicted molar refractivity (Wildman–Crippen MR) is 122 cm³/mol. The predicted octanol–water partition coefficient (Wildman–Crippen LogP) is 4.52. The van der Waals surface area contributed by atoms with Gasteiger partial charge in [-0.25, -0.2) is 4.68 Å². The number of aromatic nitrogens is 2. The minimum Gasteiger partial charge on any atom is -0.352 e. The first-order chi connectivity index (χ1) is 14.9. The molecule has 1 aliphatic carbocycles. The van der Waals surface area contributed by atoms with Crippen molar-refractivity contribution in [1.82, 2.24) is 15.1 Å². The van der Waals surface area contributed by atoms with E-state index in [1.165, 1.54) is 6.07 Å². The van der Waals surface area contributed by atoms with Crippen LogP contribution in [0, 0.1) is 27.4 Å². The van der Waals surface area contributed by atoms with Crippen LogP contribution in [0.5, 0.6) is 0 Å². The molecule has 8 heteroatoms. The number of hydrogen-bond acceptors (Lipinski definition) is 5. The Labute approximate surface area is 188 Å². The lowest BCUT2D eigenvalue weighted by Crippen LogP contribution is -2.28. The van der Waals surface area contributed by atoms with Gasteiger partial charge in [0, 0.05) is 24.6 Å². The third kappa shape index (κ3) is 4.89. The van der Waals surface area contributed by atoms with Crippen LogP contribution in [-0.2, 0) is 12.8 Å². The van der Waals surface area contributed by atoms with Gasteiger partial charge < -0.3 is 5.32 Å². The SMILES string of the molecule is CC(C)CNC(=O)c1ccc(-n2nc(CC(C)C)c3c2CC(C)(C)CC3=O)c([N+](=O)[O-])c1. The molecule has 0 saturated carbocycles. The fourth-order valence-corrected chi connectivity index (χ4v) is 4.15. The molecule has 0 unspecified atom stereocenters. The lowest BCUT2D eigenvalue weighted by atomic mass is 9.75. The van der Waals surface area contributed by atoms with Gasteiger partial charge in [0.15, 0.2) is 5.78 Å². The smallest absolute Gasteiger partial charge is 0.295 e. The number of carbonyl (C=O) groups is 2. The molecule has 172 valence electrons. The van der Waals surface area contributed by atoms with E-state index in [0.29, 0.717) is 42.8 Å². The molecule has 1 aliphatic rings. The molecule has 0 atom stereocenters. The Balaban J connectivity index is 2.14. The number of nitrogens with one attached hydrogen (secondary N) is 1. The van der Waals surface area contributed by atoms with Crippen LogP contribution in [-0.4, -0.2) is 32.9 Å². The van der Waals surface area contributed by atoms with Crippen molar-refractivity contribution < 1.29 is 14.5 Å². The van der Waals surface area contributed by atoms with Gasteiger partial charge in [0.25, 0.3) is 11.6 Å². The number of nitro groups is 1. The van der Waals surface area contributed by atoms with Gasteiger partial charge in [-0.15, -0.1) is 0 Å². The number of benzene rings is 1. The highest BCUT2D eigenvalue weighted by atomic mass is 16.6. The summed E-state index contributed by atoms with van der Waals surface area (Å²) in [5.41, 5.74) is 2.02. The largest absolute Gasteiger partial charge is 0.352 e. The monoisotopic (exact) mass is 440 g/mol. The molecule has 0 spiro atoms. The Bertz CT molecular complexity index is 1070. The quantitative estimate of drug-likeness (QED) is 0.503. The van der Waals surface area contributed by atoms with Crippen molar-refractivity contribution in [3.63, 3.8) is 0 Å². The van der Waals surface area contributed by atoms with E-state index >= 15 is 0 Å². The lowest BCUT2D eigenvalue weighted by Gasteiger charge is -2.29. The standard InChI is InChI=1S/C24H32N4O4/c1-14(2)9-17-22-20(11-24(5,6)12-21(22)29)27(26-17)18-8-7-16(10-19(18)28(31)32)23(30)25-13-15(3)4/h7-8,10,14-15H,9,11-13H2,1-6H3,(H,25,30). The van der Waals surface area contributed by atoms with E-state index in [-0.39, 0.29) is 45.9 Å². The maximum atomic E-state index is 13.0. The zero-order chi connectivity index (χ0) is 23.8. The molecule has 1 aromatic carbocycles. The highest BCUT2D eigenvalue weighted by molar-refractivity contribution is 6.00. The summed E-state index contributed by atoms with van der Waals surface area (Å²) in [5.74, 6) is 0.231. The summed E-state index contributed by atoms with van der Waals surface area (Å²) in [6, 6.07) is 4.42. The van der Waals surface area contributed by atoms with Gasteiger partial charge in [0.1, 0.15) is 5.69 Å².